The lowest BCUT2D eigenvalue weighted by Crippen LogP contribution is -2.36. The molecule has 1 fully saturated rings. The zero-order valence-electron chi connectivity index (χ0n) is 16.6. The van der Waals surface area contributed by atoms with Gasteiger partial charge >= 0.3 is 0 Å². The molecule has 0 saturated carbocycles. The van der Waals surface area contributed by atoms with E-state index in [1.54, 1.807) is 14.2 Å². The molecule has 4 rings (SSSR count). The number of ether oxygens (including phenoxy) is 3. The number of nitrogens with zero attached hydrogens (tertiary/aromatic N) is 3. The molecule has 1 N–H and O–H groups in total. The predicted molar refractivity (Wildman–Crippen MR) is 113 cm³/mol. The van der Waals surface area contributed by atoms with Crippen molar-refractivity contribution < 1.29 is 14.2 Å². The van der Waals surface area contributed by atoms with E-state index in [-0.39, 0.29) is 0 Å². The number of nitrogens with one attached hydrogen (secondary N) is 1. The highest BCUT2D eigenvalue weighted by atomic mass is 16.5. The van der Waals surface area contributed by atoms with Crippen LogP contribution in [0.15, 0.2) is 54.6 Å². The van der Waals surface area contributed by atoms with Gasteiger partial charge in [0.2, 0.25) is 0 Å². The first kappa shape index (κ1) is 19.0. The topological polar surface area (TPSA) is 68.7 Å². The van der Waals surface area contributed by atoms with Gasteiger partial charge in [0.05, 0.1) is 27.4 Å². The fourth-order valence-electron chi connectivity index (χ4n) is 3.23. The molecule has 2 heterocycles. The van der Waals surface area contributed by atoms with Crippen LogP contribution in [-0.4, -0.2) is 50.5 Å². The minimum Gasteiger partial charge on any atom is -0.493 e. The molecule has 0 unspecified atom stereocenters. The minimum absolute atomic E-state index is 0.656. The van der Waals surface area contributed by atoms with Crippen LogP contribution < -0.4 is 19.7 Å². The summed E-state index contributed by atoms with van der Waals surface area (Å²) in [6, 6.07) is 17.6. The molecule has 7 heteroatoms. The number of hydrogen-bond acceptors (Lipinski definition) is 7. The van der Waals surface area contributed by atoms with Crippen LogP contribution in [0.4, 0.5) is 17.3 Å². The van der Waals surface area contributed by atoms with Crippen LogP contribution >= 0.6 is 0 Å². The van der Waals surface area contributed by atoms with Gasteiger partial charge in [-0.25, -0.2) is 9.97 Å². The summed E-state index contributed by atoms with van der Waals surface area (Å²) in [4.78, 5) is 11.8. The lowest BCUT2D eigenvalue weighted by atomic mass is 10.2. The summed E-state index contributed by atoms with van der Waals surface area (Å²) in [7, 11) is 3.24. The van der Waals surface area contributed by atoms with Gasteiger partial charge in [-0.05, 0) is 12.1 Å². The summed E-state index contributed by atoms with van der Waals surface area (Å²) in [5, 5.41) is 3.38. The number of benzene rings is 2. The molecule has 0 radical (unpaired) electrons. The normalized spacial score (nSPS) is 13.8. The van der Waals surface area contributed by atoms with E-state index in [0.717, 1.165) is 30.2 Å². The second-order valence-corrected chi connectivity index (χ2v) is 6.60. The quantitative estimate of drug-likeness (QED) is 0.685. The van der Waals surface area contributed by atoms with Gasteiger partial charge in [-0.2, -0.15) is 0 Å². The number of methoxy groups -OCH3 is 2. The summed E-state index contributed by atoms with van der Waals surface area (Å²) in [5.74, 6) is 3.61. The van der Waals surface area contributed by atoms with E-state index in [0.29, 0.717) is 36.4 Å². The van der Waals surface area contributed by atoms with Crippen molar-refractivity contribution in [3.63, 3.8) is 0 Å². The average molecular weight is 392 g/mol. The van der Waals surface area contributed by atoms with Crippen LogP contribution in [0.2, 0.25) is 0 Å². The highest BCUT2D eigenvalue weighted by molar-refractivity contribution is 5.67. The number of hydrogen-bond donors (Lipinski definition) is 1. The fraction of sp³-hybridized carbons (Fsp3) is 0.273. The van der Waals surface area contributed by atoms with Crippen LogP contribution in [-0.2, 0) is 4.74 Å². The van der Waals surface area contributed by atoms with Gasteiger partial charge in [-0.1, -0.05) is 30.3 Å². The van der Waals surface area contributed by atoms with Crippen molar-refractivity contribution in [2.75, 3.05) is 50.7 Å². The predicted octanol–water partition coefficient (Wildman–Crippen LogP) is 3.74. The van der Waals surface area contributed by atoms with Crippen molar-refractivity contribution in [1.29, 1.82) is 0 Å². The van der Waals surface area contributed by atoms with E-state index in [9.17, 15) is 0 Å². The van der Waals surface area contributed by atoms with E-state index in [1.165, 1.54) is 0 Å². The Bertz CT molecular complexity index is 960. The fourth-order valence-corrected chi connectivity index (χ4v) is 3.23. The van der Waals surface area contributed by atoms with Crippen LogP contribution in [0.1, 0.15) is 0 Å². The zero-order chi connectivity index (χ0) is 20.1. The number of aromatic nitrogens is 2. The maximum atomic E-state index is 5.48. The first-order chi connectivity index (χ1) is 14.3. The Balaban J connectivity index is 1.70. The third-order valence-electron chi connectivity index (χ3n) is 4.74. The van der Waals surface area contributed by atoms with Gasteiger partial charge in [0.15, 0.2) is 17.3 Å². The number of morpholine rings is 1. The third-order valence-corrected chi connectivity index (χ3v) is 4.74. The Kier molecular flexibility index (Phi) is 5.76. The molecule has 0 bridgehead atoms. The van der Waals surface area contributed by atoms with Crippen molar-refractivity contribution in [2.45, 2.75) is 0 Å². The van der Waals surface area contributed by atoms with E-state index in [4.69, 9.17) is 24.2 Å². The van der Waals surface area contributed by atoms with E-state index < -0.39 is 0 Å². The molecule has 150 valence electrons. The Labute approximate surface area is 170 Å². The van der Waals surface area contributed by atoms with E-state index >= 15 is 0 Å². The molecule has 29 heavy (non-hydrogen) atoms. The van der Waals surface area contributed by atoms with Crippen molar-refractivity contribution in [2.24, 2.45) is 0 Å². The molecule has 1 aliphatic rings. The number of anilines is 3. The van der Waals surface area contributed by atoms with Crippen LogP contribution in [0.25, 0.3) is 11.4 Å². The highest BCUT2D eigenvalue weighted by Gasteiger charge is 2.16. The highest BCUT2D eigenvalue weighted by Crippen LogP contribution is 2.32. The molecular formula is C22H24N4O3. The molecule has 0 atom stereocenters. The lowest BCUT2D eigenvalue weighted by molar-refractivity contribution is 0.122. The first-order valence-electron chi connectivity index (χ1n) is 9.53. The molecule has 7 nitrogen and oxygen atoms in total. The molecular weight excluding hydrogens is 368 g/mol. The molecule has 1 aromatic heterocycles. The zero-order valence-corrected chi connectivity index (χ0v) is 16.6. The lowest BCUT2D eigenvalue weighted by Gasteiger charge is -2.28. The van der Waals surface area contributed by atoms with Crippen LogP contribution in [0.3, 0.4) is 0 Å². The maximum Gasteiger partial charge on any atom is 0.163 e. The summed E-state index contributed by atoms with van der Waals surface area (Å²) in [6.45, 7) is 3.01. The van der Waals surface area contributed by atoms with Gasteiger partial charge in [-0.15, -0.1) is 0 Å². The SMILES string of the molecule is COc1ccc(Nc2cc(N3CCOCC3)nc(-c3ccccc3)n2)cc1OC. The summed E-state index contributed by atoms with van der Waals surface area (Å²) in [6.07, 6.45) is 0. The summed E-state index contributed by atoms with van der Waals surface area (Å²) >= 11 is 0. The van der Waals surface area contributed by atoms with Crippen molar-refractivity contribution >= 4 is 17.3 Å². The van der Waals surface area contributed by atoms with Crippen molar-refractivity contribution in [3.8, 4) is 22.9 Å². The largest absolute Gasteiger partial charge is 0.493 e. The second-order valence-electron chi connectivity index (χ2n) is 6.60. The molecule has 2 aromatic carbocycles. The Morgan fingerprint density at radius 3 is 2.38 bits per heavy atom. The Morgan fingerprint density at radius 2 is 1.66 bits per heavy atom. The molecule has 0 spiro atoms. The first-order valence-corrected chi connectivity index (χ1v) is 9.53. The monoisotopic (exact) mass is 392 g/mol. The summed E-state index contributed by atoms with van der Waals surface area (Å²) < 4.78 is 16.2. The molecule has 1 saturated heterocycles. The van der Waals surface area contributed by atoms with Crippen molar-refractivity contribution in [3.05, 3.63) is 54.6 Å². The summed E-state index contributed by atoms with van der Waals surface area (Å²) in [5.41, 5.74) is 1.83. The third kappa shape index (κ3) is 4.41. The van der Waals surface area contributed by atoms with Gasteiger partial charge in [0.1, 0.15) is 11.6 Å². The van der Waals surface area contributed by atoms with Gasteiger partial charge in [0.25, 0.3) is 0 Å². The standard InChI is InChI=1S/C22H24N4O3/c1-27-18-9-8-17(14-19(18)28-2)23-20-15-21(26-10-12-29-13-11-26)25-22(24-20)16-6-4-3-5-7-16/h3-9,14-15H,10-13H2,1-2H3,(H,23,24,25). The van der Waals surface area contributed by atoms with Gasteiger partial charge in [-0.3, -0.25) is 0 Å². The second kappa shape index (κ2) is 8.79. The van der Waals surface area contributed by atoms with Crippen LogP contribution in [0, 0.1) is 0 Å². The smallest absolute Gasteiger partial charge is 0.163 e. The van der Waals surface area contributed by atoms with E-state index in [1.807, 2.05) is 54.6 Å². The minimum atomic E-state index is 0.656. The molecule has 0 aliphatic carbocycles. The Hall–Kier alpha value is -3.32. The molecule has 1 aliphatic heterocycles. The molecule has 0 amide bonds. The number of rotatable bonds is 6. The average Bonchev–Trinajstić information content (AvgIpc) is 2.80. The molecule has 3 aromatic rings. The van der Waals surface area contributed by atoms with Gasteiger partial charge < -0.3 is 24.4 Å². The maximum absolute atomic E-state index is 5.48. The van der Waals surface area contributed by atoms with Crippen molar-refractivity contribution in [1.82, 2.24) is 9.97 Å². The van der Waals surface area contributed by atoms with Crippen LogP contribution in [0.5, 0.6) is 11.5 Å². The van der Waals surface area contributed by atoms with Gasteiger partial charge in [0, 0.05) is 36.5 Å². The Morgan fingerprint density at radius 1 is 0.897 bits per heavy atom. The van der Waals surface area contributed by atoms with E-state index in [2.05, 4.69) is 10.2 Å².